The third-order valence-electron chi connectivity index (χ3n) is 3.99. The van der Waals surface area contributed by atoms with Gasteiger partial charge in [-0.15, -0.1) is 0 Å². The van der Waals surface area contributed by atoms with E-state index in [1.807, 2.05) is 0 Å². The second-order valence-electron chi connectivity index (χ2n) is 5.46. The molecular weight excluding hydrogens is 208 g/mol. The van der Waals surface area contributed by atoms with Crippen LogP contribution in [0.2, 0.25) is 0 Å². The van der Waals surface area contributed by atoms with Crippen molar-refractivity contribution in [1.29, 1.82) is 0 Å². The van der Waals surface area contributed by atoms with E-state index in [1.165, 1.54) is 64.3 Å². The number of hydrogen-bond acceptors (Lipinski definition) is 2. The first-order valence-corrected chi connectivity index (χ1v) is 7.63. The van der Waals surface area contributed by atoms with Crippen molar-refractivity contribution in [3.05, 3.63) is 0 Å². The Morgan fingerprint density at radius 3 is 1.76 bits per heavy atom. The number of unbranched alkanes of at least 4 members (excludes halogenated alkanes) is 6. The molecule has 2 heteroatoms. The molecule has 0 atom stereocenters. The minimum Gasteiger partial charge on any atom is -0.330 e. The number of nitrogens with one attached hydrogen (secondary N) is 1. The molecular formula is C15H34N2. The minimum absolute atomic E-state index is 0.362. The van der Waals surface area contributed by atoms with Gasteiger partial charge in [0.1, 0.15) is 0 Å². The van der Waals surface area contributed by atoms with Gasteiger partial charge in [-0.25, -0.2) is 0 Å². The highest BCUT2D eigenvalue weighted by molar-refractivity contribution is 4.79. The van der Waals surface area contributed by atoms with Gasteiger partial charge in [-0.05, 0) is 45.7 Å². The average molecular weight is 242 g/mol. The van der Waals surface area contributed by atoms with Gasteiger partial charge in [-0.3, -0.25) is 0 Å². The van der Waals surface area contributed by atoms with E-state index in [2.05, 4.69) is 26.1 Å². The first-order chi connectivity index (χ1) is 8.18. The molecule has 0 saturated heterocycles. The molecule has 0 amide bonds. The van der Waals surface area contributed by atoms with Crippen molar-refractivity contribution in [3.8, 4) is 0 Å². The fourth-order valence-electron chi connectivity index (χ4n) is 2.04. The lowest BCUT2D eigenvalue weighted by atomic mass is 9.95. The molecule has 0 aliphatic carbocycles. The van der Waals surface area contributed by atoms with Crippen molar-refractivity contribution in [1.82, 2.24) is 5.32 Å². The van der Waals surface area contributed by atoms with Crippen LogP contribution in [0.15, 0.2) is 0 Å². The van der Waals surface area contributed by atoms with Crippen molar-refractivity contribution < 1.29 is 0 Å². The van der Waals surface area contributed by atoms with E-state index in [0.717, 1.165) is 6.54 Å². The maximum absolute atomic E-state index is 5.47. The molecule has 0 aromatic heterocycles. The Bertz CT molecular complexity index is 153. The summed E-state index contributed by atoms with van der Waals surface area (Å²) in [6.45, 7) is 8.92. The summed E-state index contributed by atoms with van der Waals surface area (Å²) in [5, 5.41) is 3.69. The molecule has 0 spiro atoms. The lowest BCUT2D eigenvalue weighted by molar-refractivity contribution is 0.328. The lowest BCUT2D eigenvalue weighted by Crippen LogP contribution is -2.41. The first-order valence-electron chi connectivity index (χ1n) is 7.63. The van der Waals surface area contributed by atoms with Gasteiger partial charge in [0.05, 0.1) is 0 Å². The summed E-state index contributed by atoms with van der Waals surface area (Å²) in [4.78, 5) is 0. The molecule has 0 heterocycles. The summed E-state index contributed by atoms with van der Waals surface area (Å²) in [5.41, 5.74) is 5.83. The molecule has 0 aromatic rings. The highest BCUT2D eigenvalue weighted by atomic mass is 15.0. The molecule has 0 aromatic carbocycles. The zero-order chi connectivity index (χ0) is 13.0. The van der Waals surface area contributed by atoms with Crippen LogP contribution in [0.5, 0.6) is 0 Å². The van der Waals surface area contributed by atoms with Gasteiger partial charge in [0.2, 0.25) is 0 Å². The van der Waals surface area contributed by atoms with Gasteiger partial charge >= 0.3 is 0 Å². The molecule has 0 unspecified atom stereocenters. The lowest BCUT2D eigenvalue weighted by Gasteiger charge is -2.28. The zero-order valence-corrected chi connectivity index (χ0v) is 12.4. The molecule has 0 fully saturated rings. The Kier molecular flexibility index (Phi) is 11.0. The Morgan fingerprint density at radius 2 is 1.29 bits per heavy atom. The highest BCUT2D eigenvalue weighted by Gasteiger charge is 2.17. The van der Waals surface area contributed by atoms with E-state index in [-0.39, 0.29) is 0 Å². The van der Waals surface area contributed by atoms with E-state index in [0.29, 0.717) is 5.54 Å². The SMILES string of the molecule is CCC(C)(CC)NCCCCCCCCCN. The zero-order valence-electron chi connectivity index (χ0n) is 12.4. The molecule has 0 rings (SSSR count). The summed E-state index contributed by atoms with van der Waals surface area (Å²) in [5.74, 6) is 0. The highest BCUT2D eigenvalue weighted by Crippen LogP contribution is 2.13. The Hall–Kier alpha value is -0.0800. The molecule has 0 bridgehead atoms. The van der Waals surface area contributed by atoms with Crippen LogP contribution in [0.3, 0.4) is 0 Å². The van der Waals surface area contributed by atoms with Crippen molar-refractivity contribution in [2.75, 3.05) is 13.1 Å². The quantitative estimate of drug-likeness (QED) is 0.510. The van der Waals surface area contributed by atoms with Gasteiger partial charge in [0, 0.05) is 5.54 Å². The van der Waals surface area contributed by atoms with E-state index >= 15 is 0 Å². The second-order valence-corrected chi connectivity index (χ2v) is 5.46. The van der Waals surface area contributed by atoms with Gasteiger partial charge < -0.3 is 11.1 Å². The van der Waals surface area contributed by atoms with Crippen LogP contribution in [-0.2, 0) is 0 Å². The first kappa shape index (κ1) is 16.9. The van der Waals surface area contributed by atoms with Crippen molar-refractivity contribution >= 4 is 0 Å². The van der Waals surface area contributed by atoms with Crippen LogP contribution in [0.4, 0.5) is 0 Å². The number of rotatable bonds is 12. The predicted molar refractivity (Wildman–Crippen MR) is 78.4 cm³/mol. The number of nitrogens with two attached hydrogens (primary N) is 1. The minimum atomic E-state index is 0.362. The normalized spacial score (nSPS) is 12.0. The molecule has 0 saturated carbocycles. The van der Waals surface area contributed by atoms with E-state index in [1.54, 1.807) is 0 Å². The Morgan fingerprint density at radius 1 is 0.824 bits per heavy atom. The van der Waals surface area contributed by atoms with Crippen LogP contribution in [0.1, 0.15) is 78.6 Å². The summed E-state index contributed by atoms with van der Waals surface area (Å²) in [6.07, 6.45) is 11.8. The van der Waals surface area contributed by atoms with Crippen molar-refractivity contribution in [2.45, 2.75) is 84.1 Å². The van der Waals surface area contributed by atoms with Crippen LogP contribution in [-0.4, -0.2) is 18.6 Å². The summed E-state index contributed by atoms with van der Waals surface area (Å²) < 4.78 is 0. The largest absolute Gasteiger partial charge is 0.330 e. The molecule has 0 aliphatic heterocycles. The monoisotopic (exact) mass is 242 g/mol. The smallest absolute Gasteiger partial charge is 0.0148 e. The fourth-order valence-corrected chi connectivity index (χ4v) is 2.04. The van der Waals surface area contributed by atoms with Crippen molar-refractivity contribution in [3.63, 3.8) is 0 Å². The van der Waals surface area contributed by atoms with Gasteiger partial charge in [-0.1, -0.05) is 46.0 Å². The average Bonchev–Trinajstić information content (AvgIpc) is 2.36. The van der Waals surface area contributed by atoms with Crippen LogP contribution in [0, 0.1) is 0 Å². The third kappa shape index (κ3) is 9.61. The molecule has 3 N–H and O–H groups in total. The molecule has 0 aliphatic rings. The molecule has 2 nitrogen and oxygen atoms in total. The summed E-state index contributed by atoms with van der Waals surface area (Å²) >= 11 is 0. The van der Waals surface area contributed by atoms with Gasteiger partial charge in [0.15, 0.2) is 0 Å². The van der Waals surface area contributed by atoms with Crippen LogP contribution in [0.25, 0.3) is 0 Å². The Balaban J connectivity index is 3.23. The summed E-state index contributed by atoms with van der Waals surface area (Å²) in [6, 6.07) is 0. The molecule has 104 valence electrons. The van der Waals surface area contributed by atoms with Gasteiger partial charge in [-0.2, -0.15) is 0 Å². The van der Waals surface area contributed by atoms with E-state index < -0.39 is 0 Å². The second kappa shape index (κ2) is 11.0. The van der Waals surface area contributed by atoms with Gasteiger partial charge in [0.25, 0.3) is 0 Å². The van der Waals surface area contributed by atoms with E-state index in [9.17, 15) is 0 Å². The third-order valence-corrected chi connectivity index (χ3v) is 3.99. The molecule has 0 radical (unpaired) electrons. The topological polar surface area (TPSA) is 38.0 Å². The standard InChI is InChI=1S/C15H34N2/c1-4-15(3,5-2)17-14-12-10-8-6-7-9-11-13-16/h17H,4-14,16H2,1-3H3. The molecule has 17 heavy (non-hydrogen) atoms. The van der Waals surface area contributed by atoms with Crippen LogP contribution >= 0.6 is 0 Å². The van der Waals surface area contributed by atoms with E-state index in [4.69, 9.17) is 5.73 Å². The van der Waals surface area contributed by atoms with Crippen LogP contribution < -0.4 is 11.1 Å². The maximum Gasteiger partial charge on any atom is 0.0148 e. The summed E-state index contributed by atoms with van der Waals surface area (Å²) in [7, 11) is 0. The Labute approximate surface area is 109 Å². The fraction of sp³-hybridized carbons (Fsp3) is 1.00. The number of hydrogen-bond donors (Lipinski definition) is 2. The van der Waals surface area contributed by atoms with Crippen molar-refractivity contribution in [2.24, 2.45) is 5.73 Å². The maximum atomic E-state index is 5.47. The predicted octanol–water partition coefficient (Wildman–Crippen LogP) is 3.84.